The van der Waals surface area contributed by atoms with Crippen molar-refractivity contribution in [3.05, 3.63) is 24.0 Å². The molecule has 0 radical (unpaired) electrons. The average Bonchev–Trinajstić information content (AvgIpc) is 2.60. The molecular formula is C11H10FNO2. The van der Waals surface area contributed by atoms with E-state index < -0.39 is 0 Å². The lowest BCUT2D eigenvalue weighted by molar-refractivity contribution is -0.117. The van der Waals surface area contributed by atoms with Crippen molar-refractivity contribution >= 4 is 11.6 Å². The molecule has 2 aliphatic rings. The smallest absolute Gasteiger partial charge is 0.227 e. The van der Waals surface area contributed by atoms with Gasteiger partial charge >= 0.3 is 0 Å². The Morgan fingerprint density at radius 3 is 3.20 bits per heavy atom. The van der Waals surface area contributed by atoms with Crippen molar-refractivity contribution in [2.45, 2.75) is 18.9 Å². The van der Waals surface area contributed by atoms with Crippen molar-refractivity contribution in [3.63, 3.8) is 0 Å². The Morgan fingerprint density at radius 1 is 1.47 bits per heavy atom. The lowest BCUT2D eigenvalue weighted by Gasteiger charge is -2.31. The highest BCUT2D eigenvalue weighted by atomic mass is 19.1. The first kappa shape index (κ1) is 8.71. The largest absolute Gasteiger partial charge is 0.489 e. The molecule has 4 heteroatoms. The zero-order valence-corrected chi connectivity index (χ0v) is 8.07. The molecule has 2 heterocycles. The highest BCUT2D eigenvalue weighted by Gasteiger charge is 2.37. The van der Waals surface area contributed by atoms with Gasteiger partial charge < -0.3 is 9.64 Å². The Balaban J connectivity index is 2.12. The van der Waals surface area contributed by atoms with Crippen LogP contribution in [0.25, 0.3) is 0 Å². The van der Waals surface area contributed by atoms with Crippen LogP contribution in [-0.2, 0) is 4.79 Å². The molecular weight excluding hydrogens is 197 g/mol. The van der Waals surface area contributed by atoms with E-state index in [0.29, 0.717) is 24.5 Å². The van der Waals surface area contributed by atoms with Gasteiger partial charge in [-0.1, -0.05) is 0 Å². The van der Waals surface area contributed by atoms with Crippen LogP contribution in [0.1, 0.15) is 12.8 Å². The van der Waals surface area contributed by atoms with E-state index in [1.165, 1.54) is 12.1 Å². The minimum atomic E-state index is -0.335. The highest BCUT2D eigenvalue weighted by Crippen LogP contribution is 2.38. The van der Waals surface area contributed by atoms with E-state index in [9.17, 15) is 9.18 Å². The Kier molecular flexibility index (Phi) is 1.71. The molecule has 1 fully saturated rings. The molecule has 1 aromatic rings. The van der Waals surface area contributed by atoms with E-state index in [0.717, 1.165) is 6.42 Å². The number of rotatable bonds is 0. The molecule has 3 nitrogen and oxygen atoms in total. The van der Waals surface area contributed by atoms with Gasteiger partial charge in [0, 0.05) is 12.5 Å². The molecule has 0 aliphatic carbocycles. The zero-order valence-electron chi connectivity index (χ0n) is 8.07. The normalized spacial score (nSPS) is 23.4. The van der Waals surface area contributed by atoms with Crippen molar-refractivity contribution in [1.29, 1.82) is 0 Å². The summed E-state index contributed by atoms with van der Waals surface area (Å²) >= 11 is 0. The fourth-order valence-corrected chi connectivity index (χ4v) is 2.22. The van der Waals surface area contributed by atoms with Gasteiger partial charge in [0.1, 0.15) is 18.2 Å². The zero-order chi connectivity index (χ0) is 10.4. The number of hydrogen-bond acceptors (Lipinski definition) is 2. The van der Waals surface area contributed by atoms with Crippen LogP contribution >= 0.6 is 0 Å². The lowest BCUT2D eigenvalue weighted by Crippen LogP contribution is -2.40. The standard InChI is InChI=1S/C11H10FNO2/c12-7-1-3-10-9(5-7)13-8(6-15-10)2-4-11(13)14/h1,3,5,8H,2,4,6H2. The Bertz CT molecular complexity index is 433. The van der Waals surface area contributed by atoms with Crippen LogP contribution in [0.2, 0.25) is 0 Å². The first-order chi connectivity index (χ1) is 7.25. The maximum Gasteiger partial charge on any atom is 0.227 e. The van der Waals surface area contributed by atoms with E-state index in [2.05, 4.69) is 0 Å². The number of nitrogens with zero attached hydrogens (tertiary/aromatic N) is 1. The Hall–Kier alpha value is -1.58. The van der Waals surface area contributed by atoms with Crippen LogP contribution in [0.15, 0.2) is 18.2 Å². The van der Waals surface area contributed by atoms with Crippen molar-refractivity contribution in [2.75, 3.05) is 11.5 Å². The molecule has 0 aromatic heterocycles. The molecule has 1 saturated heterocycles. The van der Waals surface area contributed by atoms with Crippen LogP contribution in [-0.4, -0.2) is 18.6 Å². The molecule has 1 aromatic carbocycles. The van der Waals surface area contributed by atoms with Gasteiger partial charge in [0.2, 0.25) is 5.91 Å². The number of amides is 1. The number of halogens is 1. The Labute approximate surface area is 86.4 Å². The number of benzene rings is 1. The van der Waals surface area contributed by atoms with Crippen LogP contribution in [0.5, 0.6) is 5.75 Å². The van der Waals surface area contributed by atoms with Crippen molar-refractivity contribution in [1.82, 2.24) is 0 Å². The minimum Gasteiger partial charge on any atom is -0.489 e. The number of carbonyl (C=O) groups is 1. The molecule has 15 heavy (non-hydrogen) atoms. The predicted octanol–water partition coefficient (Wildman–Crippen LogP) is 1.71. The molecule has 0 N–H and O–H groups in total. The summed E-state index contributed by atoms with van der Waals surface area (Å²) in [6.07, 6.45) is 1.33. The van der Waals surface area contributed by atoms with Crippen molar-refractivity contribution < 1.29 is 13.9 Å². The molecule has 3 rings (SSSR count). The van der Waals surface area contributed by atoms with Gasteiger partial charge in [-0.2, -0.15) is 0 Å². The second-order valence-electron chi connectivity index (χ2n) is 3.88. The summed E-state index contributed by atoms with van der Waals surface area (Å²) in [6, 6.07) is 4.38. The quantitative estimate of drug-likeness (QED) is 0.648. The predicted molar refractivity (Wildman–Crippen MR) is 52.4 cm³/mol. The Morgan fingerprint density at radius 2 is 2.33 bits per heavy atom. The third-order valence-electron chi connectivity index (χ3n) is 2.94. The van der Waals surface area contributed by atoms with E-state index in [4.69, 9.17) is 4.74 Å². The minimum absolute atomic E-state index is 0.0650. The second kappa shape index (κ2) is 2.95. The summed E-state index contributed by atoms with van der Waals surface area (Å²) in [6.45, 7) is 0.518. The van der Waals surface area contributed by atoms with Crippen LogP contribution < -0.4 is 9.64 Å². The topological polar surface area (TPSA) is 29.5 Å². The number of fused-ring (bicyclic) bond motifs is 3. The molecule has 0 spiro atoms. The molecule has 1 atom stereocenters. The summed E-state index contributed by atoms with van der Waals surface area (Å²) in [5.74, 6) is 0.329. The summed E-state index contributed by atoms with van der Waals surface area (Å²) < 4.78 is 18.6. The van der Waals surface area contributed by atoms with Crippen LogP contribution in [0.4, 0.5) is 10.1 Å². The number of anilines is 1. The summed E-state index contributed by atoms with van der Waals surface area (Å²) in [4.78, 5) is 13.3. The van der Waals surface area contributed by atoms with Gasteiger partial charge in [-0.15, -0.1) is 0 Å². The van der Waals surface area contributed by atoms with E-state index >= 15 is 0 Å². The SMILES string of the molecule is O=C1CCC2COc3ccc(F)cc3N12. The average molecular weight is 207 g/mol. The van der Waals surface area contributed by atoms with Crippen molar-refractivity contribution in [3.8, 4) is 5.75 Å². The van der Waals surface area contributed by atoms with Gasteiger partial charge in [0.25, 0.3) is 0 Å². The number of hydrogen-bond donors (Lipinski definition) is 0. The summed E-state index contributed by atoms with van der Waals surface area (Å²) in [7, 11) is 0. The highest BCUT2D eigenvalue weighted by molar-refractivity contribution is 5.98. The molecule has 78 valence electrons. The molecule has 0 bridgehead atoms. The molecule has 0 saturated carbocycles. The number of carbonyl (C=O) groups excluding carboxylic acids is 1. The fraction of sp³-hybridized carbons (Fsp3) is 0.364. The van der Waals surface area contributed by atoms with E-state index in [-0.39, 0.29) is 17.8 Å². The summed E-state index contributed by atoms with van der Waals surface area (Å²) in [5.41, 5.74) is 0.578. The van der Waals surface area contributed by atoms with Gasteiger partial charge in [-0.05, 0) is 18.6 Å². The van der Waals surface area contributed by atoms with Crippen LogP contribution in [0, 0.1) is 5.82 Å². The maximum absolute atomic E-state index is 13.1. The summed E-state index contributed by atoms with van der Waals surface area (Å²) in [5, 5.41) is 0. The van der Waals surface area contributed by atoms with Gasteiger partial charge in [-0.25, -0.2) is 4.39 Å². The van der Waals surface area contributed by atoms with Gasteiger partial charge in [0.05, 0.1) is 11.7 Å². The van der Waals surface area contributed by atoms with E-state index in [1.54, 1.807) is 11.0 Å². The molecule has 1 unspecified atom stereocenters. The maximum atomic E-state index is 13.1. The van der Waals surface area contributed by atoms with Gasteiger partial charge in [0.15, 0.2) is 0 Å². The number of ether oxygens (including phenoxy) is 1. The third kappa shape index (κ3) is 1.21. The fourth-order valence-electron chi connectivity index (χ4n) is 2.22. The third-order valence-corrected chi connectivity index (χ3v) is 2.94. The van der Waals surface area contributed by atoms with Crippen molar-refractivity contribution in [2.24, 2.45) is 0 Å². The molecule has 2 aliphatic heterocycles. The first-order valence-corrected chi connectivity index (χ1v) is 5.00. The second-order valence-corrected chi connectivity index (χ2v) is 3.88. The van der Waals surface area contributed by atoms with Crippen LogP contribution in [0.3, 0.4) is 0 Å². The van der Waals surface area contributed by atoms with E-state index in [1.807, 2.05) is 0 Å². The molecule has 1 amide bonds. The van der Waals surface area contributed by atoms with Gasteiger partial charge in [-0.3, -0.25) is 4.79 Å². The first-order valence-electron chi connectivity index (χ1n) is 5.00. The lowest BCUT2D eigenvalue weighted by atomic mass is 10.1. The monoisotopic (exact) mass is 207 g/mol.